The molecule has 0 saturated carbocycles. The van der Waals surface area contributed by atoms with Crippen molar-refractivity contribution in [1.29, 1.82) is 0 Å². The monoisotopic (exact) mass is 513 g/mol. The summed E-state index contributed by atoms with van der Waals surface area (Å²) in [5.41, 5.74) is 0.980. The number of hydrogen-bond donors (Lipinski definition) is 3. The Morgan fingerprint density at radius 3 is 2.44 bits per heavy atom. The fourth-order valence-electron chi connectivity index (χ4n) is 3.25. The topological polar surface area (TPSA) is 78.9 Å². The van der Waals surface area contributed by atoms with Crippen LogP contribution in [0.3, 0.4) is 0 Å². The molecule has 1 amide bonds. The minimum Gasteiger partial charge on any atom is -0.337 e. The number of nitrogens with one attached hydrogen (secondary N) is 3. The summed E-state index contributed by atoms with van der Waals surface area (Å²) < 4.78 is 53.7. The fourth-order valence-corrected chi connectivity index (χ4v) is 3.88. The SMILES string of the molecule is C=CC(=O)Nc1ccc(F)c(Nc2nc(Nc3csc(C)c3)ncc2-c2ccc(C(F)(F)F)cc2)c1. The molecule has 0 aliphatic rings. The van der Waals surface area contributed by atoms with Crippen LogP contribution >= 0.6 is 11.3 Å². The quantitative estimate of drug-likeness (QED) is 0.179. The maximum Gasteiger partial charge on any atom is 0.416 e. The molecule has 0 bridgehead atoms. The van der Waals surface area contributed by atoms with Crippen LogP contribution in [0.2, 0.25) is 0 Å². The Balaban J connectivity index is 1.74. The van der Waals surface area contributed by atoms with Crippen molar-refractivity contribution in [2.45, 2.75) is 13.1 Å². The maximum atomic E-state index is 14.7. The number of carbonyl (C=O) groups is 1. The maximum absolute atomic E-state index is 14.7. The Labute approximate surface area is 207 Å². The number of aromatic nitrogens is 2. The predicted molar refractivity (Wildman–Crippen MR) is 133 cm³/mol. The molecule has 0 unspecified atom stereocenters. The molecule has 6 nitrogen and oxygen atoms in total. The molecular formula is C25H19F4N5OS. The number of benzene rings is 2. The zero-order chi connectivity index (χ0) is 25.9. The number of carbonyl (C=O) groups excluding carboxylic acids is 1. The van der Waals surface area contributed by atoms with Gasteiger partial charge in [-0.05, 0) is 55.0 Å². The molecule has 11 heteroatoms. The van der Waals surface area contributed by atoms with Crippen LogP contribution in [-0.4, -0.2) is 15.9 Å². The molecule has 0 aliphatic heterocycles. The fraction of sp³-hybridized carbons (Fsp3) is 0.0800. The van der Waals surface area contributed by atoms with Crippen molar-refractivity contribution in [2.24, 2.45) is 0 Å². The molecule has 0 fully saturated rings. The Bertz CT molecular complexity index is 1420. The Kier molecular flexibility index (Phi) is 7.02. The molecule has 4 aromatic rings. The van der Waals surface area contributed by atoms with E-state index < -0.39 is 23.5 Å². The molecule has 0 saturated heterocycles. The number of amides is 1. The second kappa shape index (κ2) is 10.2. The van der Waals surface area contributed by atoms with E-state index in [-0.39, 0.29) is 17.5 Å². The van der Waals surface area contributed by atoms with Crippen LogP contribution < -0.4 is 16.0 Å². The van der Waals surface area contributed by atoms with Gasteiger partial charge in [0, 0.05) is 27.7 Å². The number of halogens is 4. The van der Waals surface area contributed by atoms with Gasteiger partial charge in [-0.25, -0.2) is 9.37 Å². The average Bonchev–Trinajstić information content (AvgIpc) is 3.25. The lowest BCUT2D eigenvalue weighted by Crippen LogP contribution is -2.08. The Hall–Kier alpha value is -4.25. The summed E-state index contributed by atoms with van der Waals surface area (Å²) >= 11 is 1.53. The van der Waals surface area contributed by atoms with Gasteiger partial charge in [0.15, 0.2) is 0 Å². The minimum atomic E-state index is -4.48. The van der Waals surface area contributed by atoms with Crippen molar-refractivity contribution in [3.05, 3.63) is 89.0 Å². The molecule has 184 valence electrons. The zero-order valence-corrected chi connectivity index (χ0v) is 19.6. The van der Waals surface area contributed by atoms with Gasteiger partial charge in [-0.3, -0.25) is 4.79 Å². The summed E-state index contributed by atoms with van der Waals surface area (Å²) in [5, 5.41) is 10.4. The van der Waals surface area contributed by atoms with Gasteiger partial charge in [-0.1, -0.05) is 18.7 Å². The van der Waals surface area contributed by atoms with Crippen molar-refractivity contribution in [3.63, 3.8) is 0 Å². The smallest absolute Gasteiger partial charge is 0.337 e. The molecule has 2 aromatic carbocycles. The largest absolute Gasteiger partial charge is 0.416 e. The first-order chi connectivity index (χ1) is 17.1. The molecule has 0 radical (unpaired) electrons. The molecule has 4 rings (SSSR count). The summed E-state index contributed by atoms with van der Waals surface area (Å²) in [6, 6.07) is 10.3. The summed E-state index contributed by atoms with van der Waals surface area (Å²) in [4.78, 5) is 21.4. The van der Waals surface area contributed by atoms with Gasteiger partial charge in [0.25, 0.3) is 0 Å². The van der Waals surface area contributed by atoms with E-state index in [0.29, 0.717) is 16.8 Å². The number of thiophene rings is 1. The van der Waals surface area contributed by atoms with Crippen LogP contribution in [0.25, 0.3) is 11.1 Å². The third-order valence-corrected chi connectivity index (χ3v) is 5.83. The van der Waals surface area contributed by atoms with Gasteiger partial charge in [0.05, 0.1) is 16.9 Å². The van der Waals surface area contributed by atoms with Gasteiger partial charge in [-0.15, -0.1) is 11.3 Å². The van der Waals surface area contributed by atoms with Gasteiger partial charge in [-0.2, -0.15) is 18.2 Å². The Morgan fingerprint density at radius 2 is 1.81 bits per heavy atom. The van der Waals surface area contributed by atoms with Crippen molar-refractivity contribution in [2.75, 3.05) is 16.0 Å². The lowest BCUT2D eigenvalue weighted by molar-refractivity contribution is -0.137. The minimum absolute atomic E-state index is 0.0129. The molecule has 0 spiro atoms. The Morgan fingerprint density at radius 1 is 1.06 bits per heavy atom. The van der Waals surface area contributed by atoms with Gasteiger partial charge < -0.3 is 16.0 Å². The van der Waals surface area contributed by atoms with E-state index in [9.17, 15) is 22.4 Å². The highest BCUT2D eigenvalue weighted by Gasteiger charge is 2.30. The predicted octanol–water partition coefficient (Wildman–Crippen LogP) is 7.28. The molecule has 36 heavy (non-hydrogen) atoms. The van der Waals surface area contributed by atoms with E-state index in [0.717, 1.165) is 34.8 Å². The van der Waals surface area contributed by atoms with Gasteiger partial charge in [0.2, 0.25) is 11.9 Å². The van der Waals surface area contributed by atoms with Crippen LogP contribution in [-0.2, 0) is 11.0 Å². The van der Waals surface area contributed by atoms with Crippen LogP contribution in [0, 0.1) is 12.7 Å². The molecular weight excluding hydrogens is 494 g/mol. The molecule has 0 atom stereocenters. The number of alkyl halides is 3. The van der Waals surface area contributed by atoms with Crippen molar-refractivity contribution >= 4 is 46.1 Å². The highest BCUT2D eigenvalue weighted by Crippen LogP contribution is 2.35. The summed E-state index contributed by atoms with van der Waals surface area (Å²) in [6.07, 6.45) is -1.98. The van der Waals surface area contributed by atoms with E-state index in [1.807, 2.05) is 18.4 Å². The van der Waals surface area contributed by atoms with Crippen LogP contribution in [0.4, 0.5) is 46.4 Å². The van der Waals surface area contributed by atoms with E-state index >= 15 is 0 Å². The van der Waals surface area contributed by atoms with Gasteiger partial charge >= 0.3 is 6.18 Å². The number of nitrogens with zero attached hydrogens (tertiary/aromatic N) is 2. The second-order valence-corrected chi connectivity index (χ2v) is 8.73. The van der Waals surface area contributed by atoms with Crippen molar-refractivity contribution in [1.82, 2.24) is 9.97 Å². The number of rotatable bonds is 7. The third-order valence-electron chi connectivity index (χ3n) is 4.97. The zero-order valence-electron chi connectivity index (χ0n) is 18.8. The summed E-state index contributed by atoms with van der Waals surface area (Å²) in [7, 11) is 0. The first kappa shape index (κ1) is 24.9. The average molecular weight is 514 g/mol. The van der Waals surface area contributed by atoms with E-state index in [1.165, 1.54) is 41.8 Å². The number of aryl methyl sites for hydroxylation is 1. The second-order valence-electron chi connectivity index (χ2n) is 7.62. The van der Waals surface area contributed by atoms with Crippen molar-refractivity contribution < 1.29 is 22.4 Å². The third kappa shape index (κ3) is 5.87. The van der Waals surface area contributed by atoms with Gasteiger partial charge in [0.1, 0.15) is 11.6 Å². The highest BCUT2D eigenvalue weighted by atomic mass is 32.1. The lowest BCUT2D eigenvalue weighted by atomic mass is 10.1. The van der Waals surface area contributed by atoms with Crippen molar-refractivity contribution in [3.8, 4) is 11.1 Å². The van der Waals surface area contributed by atoms with Crippen LogP contribution in [0.5, 0.6) is 0 Å². The molecule has 2 heterocycles. The lowest BCUT2D eigenvalue weighted by Gasteiger charge is -2.15. The van der Waals surface area contributed by atoms with E-state index in [2.05, 4.69) is 32.5 Å². The summed E-state index contributed by atoms with van der Waals surface area (Å²) in [6.45, 7) is 5.32. The molecule has 3 N–H and O–H groups in total. The first-order valence-corrected chi connectivity index (χ1v) is 11.4. The first-order valence-electron chi connectivity index (χ1n) is 10.5. The number of anilines is 5. The standard InChI is InChI=1S/C25H19F4N5OS/c1-3-22(35)31-17-8-9-20(26)21(11-17)33-23-19(15-4-6-16(7-5-15)25(27,28)29)12-30-24(34-23)32-18-10-14(2)36-13-18/h3-13H,1H2,2H3,(H,31,35)(H2,30,32,33,34). The number of hydrogen-bond acceptors (Lipinski definition) is 6. The van der Waals surface area contributed by atoms with Crippen LogP contribution in [0.15, 0.2) is 72.8 Å². The van der Waals surface area contributed by atoms with E-state index in [1.54, 1.807) is 0 Å². The normalized spacial score (nSPS) is 11.1. The summed E-state index contributed by atoms with van der Waals surface area (Å²) in [5.74, 6) is -0.767. The van der Waals surface area contributed by atoms with E-state index in [4.69, 9.17) is 0 Å². The molecule has 2 aromatic heterocycles. The molecule has 0 aliphatic carbocycles. The highest BCUT2D eigenvalue weighted by molar-refractivity contribution is 7.10. The van der Waals surface area contributed by atoms with Crippen LogP contribution in [0.1, 0.15) is 10.4 Å².